The minimum atomic E-state index is -0.910. The van der Waals surface area contributed by atoms with Crippen molar-refractivity contribution in [2.45, 2.75) is 25.4 Å². The molecule has 2 amide bonds. The molecule has 0 saturated heterocycles. The number of carboxylic acid groups (broad SMARTS) is 1. The van der Waals surface area contributed by atoms with E-state index in [0.717, 1.165) is 11.1 Å². The maximum Gasteiger partial charge on any atom is 0.318 e. The summed E-state index contributed by atoms with van der Waals surface area (Å²) in [6.07, 6.45) is 1.63. The van der Waals surface area contributed by atoms with E-state index in [1.807, 2.05) is 31.2 Å². The van der Waals surface area contributed by atoms with Crippen molar-refractivity contribution in [2.24, 2.45) is 0 Å². The summed E-state index contributed by atoms with van der Waals surface area (Å²) in [7, 11) is 0. The zero-order valence-corrected chi connectivity index (χ0v) is 11.4. The highest BCUT2D eigenvalue weighted by Gasteiger charge is 2.32. The Morgan fingerprint density at radius 3 is 2.85 bits per heavy atom. The van der Waals surface area contributed by atoms with Gasteiger partial charge in [0.25, 0.3) is 0 Å². The molecule has 2 N–H and O–H groups in total. The number of rotatable bonds is 3. The molecule has 20 heavy (non-hydrogen) atoms. The van der Waals surface area contributed by atoms with E-state index in [0.29, 0.717) is 6.54 Å². The fourth-order valence-corrected chi connectivity index (χ4v) is 2.32. The maximum atomic E-state index is 12.1. The van der Waals surface area contributed by atoms with Gasteiger partial charge < -0.3 is 15.3 Å². The van der Waals surface area contributed by atoms with E-state index in [9.17, 15) is 14.7 Å². The molecule has 0 radical (unpaired) electrons. The molecule has 106 valence electrons. The van der Waals surface area contributed by atoms with E-state index < -0.39 is 11.9 Å². The second-order valence-electron chi connectivity index (χ2n) is 4.94. The van der Waals surface area contributed by atoms with Crippen molar-refractivity contribution in [3.05, 3.63) is 48.0 Å². The van der Waals surface area contributed by atoms with Gasteiger partial charge in [0.2, 0.25) is 0 Å². The number of carboxylic acids is 1. The molecule has 0 aliphatic carbocycles. The zero-order chi connectivity index (χ0) is 14.7. The Hall–Kier alpha value is -2.30. The first-order valence-electron chi connectivity index (χ1n) is 6.51. The summed E-state index contributed by atoms with van der Waals surface area (Å²) >= 11 is 0. The Kier molecular flexibility index (Phi) is 4.08. The summed E-state index contributed by atoms with van der Waals surface area (Å²) in [5, 5.41) is 12.1. The fraction of sp³-hybridized carbons (Fsp3) is 0.333. The molecule has 1 aromatic carbocycles. The molecule has 1 aromatic rings. The molecular formula is C15H18N2O3. The number of nitrogens with zero attached hydrogens (tertiary/aromatic N) is 1. The minimum absolute atomic E-state index is 0.150. The summed E-state index contributed by atoms with van der Waals surface area (Å²) in [6, 6.07) is 6.94. The van der Waals surface area contributed by atoms with Crippen LogP contribution in [0, 0.1) is 0 Å². The van der Waals surface area contributed by atoms with Gasteiger partial charge in [0.05, 0.1) is 5.92 Å². The van der Waals surface area contributed by atoms with Crippen molar-refractivity contribution in [3.8, 4) is 0 Å². The fourth-order valence-electron chi connectivity index (χ4n) is 2.32. The van der Waals surface area contributed by atoms with Gasteiger partial charge in [-0.3, -0.25) is 4.79 Å². The highest BCUT2D eigenvalue weighted by molar-refractivity contribution is 5.81. The van der Waals surface area contributed by atoms with Crippen molar-refractivity contribution < 1.29 is 14.7 Å². The van der Waals surface area contributed by atoms with Crippen LogP contribution >= 0.6 is 0 Å². The molecule has 5 nitrogen and oxygen atoms in total. The predicted molar refractivity (Wildman–Crippen MR) is 75.4 cm³/mol. The second-order valence-corrected chi connectivity index (χ2v) is 4.94. The third-order valence-corrected chi connectivity index (χ3v) is 3.48. The highest BCUT2D eigenvalue weighted by Crippen LogP contribution is 2.28. The Labute approximate surface area is 117 Å². The highest BCUT2D eigenvalue weighted by atomic mass is 16.4. The molecule has 1 aliphatic rings. The van der Waals surface area contributed by atoms with Crippen molar-refractivity contribution >= 4 is 12.0 Å². The van der Waals surface area contributed by atoms with Gasteiger partial charge in [-0.05, 0) is 18.1 Å². The molecule has 2 rings (SSSR count). The lowest BCUT2D eigenvalue weighted by molar-refractivity contribution is -0.139. The Morgan fingerprint density at radius 2 is 2.20 bits per heavy atom. The van der Waals surface area contributed by atoms with E-state index in [1.165, 1.54) is 4.90 Å². The van der Waals surface area contributed by atoms with Crippen LogP contribution in [-0.2, 0) is 11.3 Å². The number of carbonyl (C=O) groups excluding carboxylic acids is 1. The quantitative estimate of drug-likeness (QED) is 0.828. The van der Waals surface area contributed by atoms with Gasteiger partial charge in [0.1, 0.15) is 0 Å². The predicted octanol–water partition coefficient (Wildman–Crippen LogP) is 1.95. The summed E-state index contributed by atoms with van der Waals surface area (Å²) in [4.78, 5) is 25.0. The monoisotopic (exact) mass is 274 g/mol. The largest absolute Gasteiger partial charge is 0.481 e. The topological polar surface area (TPSA) is 69.6 Å². The molecule has 2 atom stereocenters. The van der Waals surface area contributed by atoms with Crippen LogP contribution in [-0.4, -0.2) is 34.6 Å². The normalized spacial score (nSPS) is 18.9. The smallest absolute Gasteiger partial charge is 0.318 e. The number of benzene rings is 1. The lowest BCUT2D eigenvalue weighted by Gasteiger charge is -2.33. The van der Waals surface area contributed by atoms with Crippen molar-refractivity contribution in [1.82, 2.24) is 10.2 Å². The number of aliphatic carboxylic acids is 1. The van der Waals surface area contributed by atoms with Gasteiger partial charge in [-0.1, -0.05) is 30.3 Å². The summed E-state index contributed by atoms with van der Waals surface area (Å²) in [5.41, 5.74) is 1.67. The van der Waals surface area contributed by atoms with Crippen molar-refractivity contribution in [2.75, 3.05) is 6.54 Å². The molecule has 0 bridgehead atoms. The van der Waals surface area contributed by atoms with Crippen LogP contribution in [0.5, 0.6) is 0 Å². The minimum Gasteiger partial charge on any atom is -0.481 e. The van der Waals surface area contributed by atoms with Crippen molar-refractivity contribution in [3.63, 3.8) is 0 Å². The van der Waals surface area contributed by atoms with Crippen LogP contribution < -0.4 is 5.32 Å². The van der Waals surface area contributed by atoms with Gasteiger partial charge in [-0.15, -0.1) is 6.58 Å². The zero-order valence-electron chi connectivity index (χ0n) is 11.4. The SMILES string of the molecule is C=CC(C)NC(=O)N1Cc2ccccc2C(C(=O)O)C1. The molecule has 0 saturated carbocycles. The first kappa shape index (κ1) is 14.1. The van der Waals surface area contributed by atoms with Crippen LogP contribution in [0.25, 0.3) is 0 Å². The van der Waals surface area contributed by atoms with Crippen LogP contribution in [0.4, 0.5) is 4.79 Å². The Morgan fingerprint density at radius 1 is 1.50 bits per heavy atom. The molecule has 1 heterocycles. The standard InChI is InChI=1S/C15H18N2O3/c1-3-10(2)16-15(20)17-8-11-6-4-5-7-12(11)13(9-17)14(18)19/h3-7,10,13H,1,8-9H2,2H3,(H,16,20)(H,18,19). The van der Waals surface area contributed by atoms with Crippen molar-refractivity contribution in [1.29, 1.82) is 0 Å². The average molecular weight is 274 g/mol. The first-order valence-corrected chi connectivity index (χ1v) is 6.51. The summed E-state index contributed by atoms with van der Waals surface area (Å²) in [5.74, 6) is -1.59. The Balaban J connectivity index is 2.22. The number of hydrogen-bond donors (Lipinski definition) is 2. The molecule has 5 heteroatoms. The van der Waals surface area contributed by atoms with Crippen LogP contribution in [0.1, 0.15) is 24.0 Å². The Bertz CT molecular complexity index is 542. The first-order chi connectivity index (χ1) is 9.52. The number of urea groups is 1. The van der Waals surface area contributed by atoms with E-state index in [-0.39, 0.29) is 18.6 Å². The van der Waals surface area contributed by atoms with Gasteiger partial charge in [-0.25, -0.2) is 4.79 Å². The van der Waals surface area contributed by atoms with Gasteiger partial charge >= 0.3 is 12.0 Å². The average Bonchev–Trinajstić information content (AvgIpc) is 2.45. The van der Waals surface area contributed by atoms with E-state index >= 15 is 0 Å². The van der Waals surface area contributed by atoms with Crippen LogP contribution in [0.3, 0.4) is 0 Å². The molecule has 0 fully saturated rings. The van der Waals surface area contributed by atoms with Crippen LogP contribution in [0.2, 0.25) is 0 Å². The molecule has 2 unspecified atom stereocenters. The third kappa shape index (κ3) is 2.82. The summed E-state index contributed by atoms with van der Waals surface area (Å²) < 4.78 is 0. The van der Waals surface area contributed by atoms with Gasteiger partial charge in [0.15, 0.2) is 0 Å². The lowest BCUT2D eigenvalue weighted by atomic mass is 9.90. The van der Waals surface area contributed by atoms with E-state index in [4.69, 9.17) is 0 Å². The number of fused-ring (bicyclic) bond motifs is 1. The molecular weight excluding hydrogens is 256 g/mol. The maximum absolute atomic E-state index is 12.1. The van der Waals surface area contributed by atoms with Gasteiger partial charge in [0, 0.05) is 19.1 Å². The molecule has 1 aliphatic heterocycles. The third-order valence-electron chi connectivity index (χ3n) is 3.48. The number of nitrogens with one attached hydrogen (secondary N) is 1. The van der Waals surface area contributed by atoms with Crippen LogP contribution in [0.15, 0.2) is 36.9 Å². The number of carbonyl (C=O) groups is 2. The van der Waals surface area contributed by atoms with E-state index in [1.54, 1.807) is 6.08 Å². The number of amides is 2. The lowest BCUT2D eigenvalue weighted by Crippen LogP contribution is -2.47. The molecule has 0 spiro atoms. The van der Waals surface area contributed by atoms with Gasteiger partial charge in [-0.2, -0.15) is 0 Å². The summed E-state index contributed by atoms with van der Waals surface area (Å²) in [6.45, 7) is 6.04. The molecule has 0 aromatic heterocycles. The number of hydrogen-bond acceptors (Lipinski definition) is 2. The second kappa shape index (κ2) is 5.77. The van der Waals surface area contributed by atoms with E-state index in [2.05, 4.69) is 11.9 Å².